The smallest absolute Gasteiger partial charge is 0.251 e. The topological polar surface area (TPSA) is 47.6 Å². The van der Waals surface area contributed by atoms with Crippen LogP contribution in [0.25, 0.3) is 0 Å². The molecule has 1 aliphatic heterocycles. The Morgan fingerprint density at radius 1 is 1.47 bits per heavy atom. The van der Waals surface area contributed by atoms with Gasteiger partial charge < -0.3 is 14.8 Å². The van der Waals surface area contributed by atoms with Gasteiger partial charge in [-0.2, -0.15) is 0 Å². The molecule has 1 N–H and O–H groups in total. The molecule has 0 fully saturated rings. The molecule has 1 aromatic rings. The number of benzene rings is 1. The zero-order chi connectivity index (χ0) is 12.3. The Hall–Kier alpha value is -1.42. The third-order valence-corrected chi connectivity index (χ3v) is 3.02. The van der Waals surface area contributed by atoms with Gasteiger partial charge in [-0.1, -0.05) is 6.92 Å². The van der Waals surface area contributed by atoms with Crippen LogP contribution in [0.4, 0.5) is 0 Å². The third kappa shape index (κ3) is 2.82. The molecule has 1 unspecified atom stereocenters. The average molecular weight is 256 g/mol. The number of amides is 1. The van der Waals surface area contributed by atoms with Crippen LogP contribution in [-0.2, 0) is 0 Å². The van der Waals surface area contributed by atoms with E-state index in [1.54, 1.807) is 18.2 Å². The van der Waals surface area contributed by atoms with Crippen LogP contribution in [-0.4, -0.2) is 24.6 Å². The Morgan fingerprint density at radius 2 is 2.24 bits per heavy atom. The third-order valence-electron chi connectivity index (χ3n) is 2.56. The number of hydrogen-bond donors (Lipinski definition) is 1. The van der Waals surface area contributed by atoms with Crippen molar-refractivity contribution in [2.45, 2.75) is 18.7 Å². The quantitative estimate of drug-likeness (QED) is 0.839. The molecule has 1 atom stereocenters. The Morgan fingerprint density at radius 3 is 3.00 bits per heavy atom. The summed E-state index contributed by atoms with van der Waals surface area (Å²) in [6, 6.07) is 5.11. The fraction of sp³-hybridized carbons (Fsp3) is 0.417. The van der Waals surface area contributed by atoms with Gasteiger partial charge >= 0.3 is 0 Å². The summed E-state index contributed by atoms with van der Waals surface area (Å²) < 4.78 is 10.4. The lowest BCUT2D eigenvalue weighted by atomic mass is 10.2. The molecule has 0 bridgehead atoms. The maximum Gasteiger partial charge on any atom is 0.251 e. The summed E-state index contributed by atoms with van der Waals surface area (Å²) >= 11 is 5.93. The van der Waals surface area contributed by atoms with E-state index in [9.17, 15) is 4.79 Å². The molecule has 4 nitrogen and oxygen atoms in total. The van der Waals surface area contributed by atoms with Gasteiger partial charge in [0.25, 0.3) is 5.91 Å². The molecule has 0 saturated heterocycles. The van der Waals surface area contributed by atoms with Crippen molar-refractivity contribution in [3.63, 3.8) is 0 Å². The number of carbonyl (C=O) groups is 1. The number of nitrogens with one attached hydrogen (secondary N) is 1. The minimum Gasteiger partial charge on any atom is -0.454 e. The summed E-state index contributed by atoms with van der Waals surface area (Å²) in [6.07, 6.45) is 0.822. The van der Waals surface area contributed by atoms with E-state index < -0.39 is 0 Å². The van der Waals surface area contributed by atoms with E-state index in [1.165, 1.54) is 0 Å². The molecular weight excluding hydrogens is 242 g/mol. The molecule has 0 aliphatic carbocycles. The maximum atomic E-state index is 11.8. The first kappa shape index (κ1) is 12.0. The van der Waals surface area contributed by atoms with Crippen molar-refractivity contribution in [1.29, 1.82) is 0 Å². The second-order valence-electron chi connectivity index (χ2n) is 3.78. The van der Waals surface area contributed by atoms with Crippen molar-refractivity contribution in [3.05, 3.63) is 23.8 Å². The van der Waals surface area contributed by atoms with Gasteiger partial charge in [-0.05, 0) is 24.6 Å². The highest BCUT2D eigenvalue weighted by atomic mass is 35.5. The molecule has 0 radical (unpaired) electrons. The molecule has 2 rings (SSSR count). The second kappa shape index (κ2) is 5.27. The minimum absolute atomic E-state index is 0.0343. The predicted octanol–water partition coefficient (Wildman–Crippen LogP) is 2.16. The van der Waals surface area contributed by atoms with E-state index in [0.717, 1.165) is 6.42 Å². The second-order valence-corrected chi connectivity index (χ2v) is 4.40. The molecule has 17 heavy (non-hydrogen) atoms. The van der Waals surface area contributed by atoms with Gasteiger partial charge in [0.1, 0.15) is 0 Å². The Labute approximate surface area is 105 Å². The van der Waals surface area contributed by atoms with Crippen molar-refractivity contribution in [2.75, 3.05) is 13.3 Å². The zero-order valence-electron chi connectivity index (χ0n) is 9.53. The van der Waals surface area contributed by atoms with Crippen LogP contribution in [0, 0.1) is 0 Å². The summed E-state index contributed by atoms with van der Waals surface area (Å²) in [5.41, 5.74) is 0.550. The molecule has 0 spiro atoms. The van der Waals surface area contributed by atoms with Gasteiger partial charge in [-0.25, -0.2) is 0 Å². The molecule has 1 heterocycles. The number of fused-ring (bicyclic) bond motifs is 1. The SMILES string of the molecule is CCC(Cl)CNC(=O)c1ccc2c(c1)OCO2. The molecular formula is C12H14ClNO3. The van der Waals surface area contributed by atoms with Crippen LogP contribution in [0.1, 0.15) is 23.7 Å². The summed E-state index contributed by atoms with van der Waals surface area (Å²) in [5, 5.41) is 2.74. The number of hydrogen-bond acceptors (Lipinski definition) is 3. The van der Waals surface area contributed by atoms with Gasteiger partial charge in [-0.15, -0.1) is 11.6 Å². The van der Waals surface area contributed by atoms with Gasteiger partial charge in [0.15, 0.2) is 11.5 Å². The lowest BCUT2D eigenvalue weighted by Crippen LogP contribution is -2.29. The highest BCUT2D eigenvalue weighted by Crippen LogP contribution is 2.32. The van der Waals surface area contributed by atoms with E-state index in [1.807, 2.05) is 6.92 Å². The maximum absolute atomic E-state index is 11.8. The van der Waals surface area contributed by atoms with Crippen LogP contribution >= 0.6 is 11.6 Å². The Bertz CT molecular complexity index is 422. The first-order valence-corrected chi connectivity index (χ1v) is 5.96. The zero-order valence-corrected chi connectivity index (χ0v) is 10.3. The van der Waals surface area contributed by atoms with E-state index >= 15 is 0 Å². The van der Waals surface area contributed by atoms with Crippen molar-refractivity contribution < 1.29 is 14.3 Å². The van der Waals surface area contributed by atoms with Crippen LogP contribution in [0.5, 0.6) is 11.5 Å². The predicted molar refractivity (Wildman–Crippen MR) is 64.8 cm³/mol. The Balaban J connectivity index is 2.00. The Kier molecular flexibility index (Phi) is 3.74. The van der Waals surface area contributed by atoms with Crippen LogP contribution in [0.2, 0.25) is 0 Å². The number of halogens is 1. The van der Waals surface area contributed by atoms with E-state index in [4.69, 9.17) is 21.1 Å². The van der Waals surface area contributed by atoms with Gasteiger partial charge in [0.05, 0.1) is 5.38 Å². The lowest BCUT2D eigenvalue weighted by molar-refractivity contribution is 0.0953. The molecule has 1 aromatic carbocycles. The fourth-order valence-corrected chi connectivity index (χ4v) is 1.56. The van der Waals surface area contributed by atoms with Crippen molar-refractivity contribution >= 4 is 17.5 Å². The van der Waals surface area contributed by atoms with Crippen molar-refractivity contribution in [1.82, 2.24) is 5.32 Å². The number of rotatable bonds is 4. The average Bonchev–Trinajstić information content (AvgIpc) is 2.82. The monoisotopic (exact) mass is 255 g/mol. The summed E-state index contributed by atoms with van der Waals surface area (Å²) in [6.45, 7) is 2.65. The van der Waals surface area contributed by atoms with Crippen molar-refractivity contribution in [3.8, 4) is 11.5 Å². The van der Waals surface area contributed by atoms with Crippen molar-refractivity contribution in [2.24, 2.45) is 0 Å². The molecule has 0 aromatic heterocycles. The standard InChI is InChI=1S/C12H14ClNO3/c1-2-9(13)6-14-12(15)8-3-4-10-11(5-8)17-7-16-10/h3-5,9H,2,6-7H2,1H3,(H,14,15). The highest BCUT2D eigenvalue weighted by Gasteiger charge is 2.16. The molecule has 1 amide bonds. The van der Waals surface area contributed by atoms with Gasteiger partial charge in [0, 0.05) is 12.1 Å². The van der Waals surface area contributed by atoms with E-state index in [-0.39, 0.29) is 18.1 Å². The molecule has 5 heteroatoms. The van der Waals surface area contributed by atoms with E-state index in [2.05, 4.69) is 5.32 Å². The number of carbonyl (C=O) groups excluding carboxylic acids is 1. The van der Waals surface area contributed by atoms with Gasteiger partial charge in [-0.3, -0.25) is 4.79 Å². The molecule has 92 valence electrons. The minimum atomic E-state index is -0.151. The van der Waals surface area contributed by atoms with Crippen LogP contribution in [0.15, 0.2) is 18.2 Å². The first-order chi connectivity index (χ1) is 8.20. The van der Waals surface area contributed by atoms with Crippen LogP contribution in [0.3, 0.4) is 0 Å². The highest BCUT2D eigenvalue weighted by molar-refractivity contribution is 6.20. The normalized spacial score (nSPS) is 14.5. The fourth-order valence-electron chi connectivity index (χ4n) is 1.49. The molecule has 0 saturated carbocycles. The van der Waals surface area contributed by atoms with E-state index in [0.29, 0.717) is 23.6 Å². The summed E-state index contributed by atoms with van der Waals surface area (Å²) in [5.74, 6) is 1.13. The van der Waals surface area contributed by atoms with Crippen LogP contribution < -0.4 is 14.8 Å². The van der Waals surface area contributed by atoms with Gasteiger partial charge in [0.2, 0.25) is 6.79 Å². The summed E-state index contributed by atoms with van der Waals surface area (Å²) in [7, 11) is 0. The first-order valence-electron chi connectivity index (χ1n) is 5.52. The number of alkyl halides is 1. The lowest BCUT2D eigenvalue weighted by Gasteiger charge is -2.08. The summed E-state index contributed by atoms with van der Waals surface area (Å²) in [4.78, 5) is 11.8. The molecule has 1 aliphatic rings. The number of ether oxygens (including phenoxy) is 2. The largest absolute Gasteiger partial charge is 0.454 e.